The van der Waals surface area contributed by atoms with Crippen LogP contribution in [-0.4, -0.2) is 20.8 Å². The zero-order valence-corrected chi connectivity index (χ0v) is 15.6. The van der Waals surface area contributed by atoms with E-state index < -0.39 is 5.79 Å². The summed E-state index contributed by atoms with van der Waals surface area (Å²) < 4.78 is 0. The van der Waals surface area contributed by atoms with E-state index >= 15 is 0 Å². The molecule has 2 N–H and O–H groups in total. The van der Waals surface area contributed by atoms with Crippen LogP contribution in [0.3, 0.4) is 0 Å². The Labute approximate surface area is 143 Å². The molecular formula is C19H31BrO2. The van der Waals surface area contributed by atoms with Gasteiger partial charge in [0.15, 0.2) is 5.79 Å². The highest BCUT2D eigenvalue weighted by atomic mass is 79.9. The molecule has 0 saturated heterocycles. The maximum atomic E-state index is 10.7. The fourth-order valence-electron chi connectivity index (χ4n) is 7.25. The standard InChI is InChI=1S/C19H31BrO2/c1-17-9-4-3-5-12(17)6-7-13-14(17)8-10-18(2)15(13)11-16(20)19(18,21)22/h12-16,21-22H,3-11H2,1-2H3/t12?,13-,14-,15+,16?,17+,18+/m1/s1. The minimum Gasteiger partial charge on any atom is -0.364 e. The lowest BCUT2D eigenvalue weighted by Gasteiger charge is -2.60. The molecule has 0 bridgehead atoms. The van der Waals surface area contributed by atoms with E-state index in [-0.39, 0.29) is 10.2 Å². The Kier molecular flexibility index (Phi) is 3.58. The quantitative estimate of drug-likeness (QED) is 0.487. The number of aliphatic hydroxyl groups is 2. The highest BCUT2D eigenvalue weighted by Gasteiger charge is 2.67. The molecule has 0 heterocycles. The van der Waals surface area contributed by atoms with E-state index in [1.807, 2.05) is 0 Å². The summed E-state index contributed by atoms with van der Waals surface area (Å²) in [6.45, 7) is 4.71. The molecule has 4 saturated carbocycles. The van der Waals surface area contributed by atoms with Crippen molar-refractivity contribution in [3.63, 3.8) is 0 Å². The molecule has 4 fully saturated rings. The van der Waals surface area contributed by atoms with Gasteiger partial charge in [-0.1, -0.05) is 42.6 Å². The van der Waals surface area contributed by atoms with Crippen molar-refractivity contribution in [2.45, 2.75) is 82.2 Å². The third-order valence-corrected chi connectivity index (χ3v) is 9.72. The molecule has 4 aliphatic rings. The molecule has 2 unspecified atom stereocenters. The molecule has 0 aliphatic heterocycles. The fraction of sp³-hybridized carbons (Fsp3) is 1.00. The summed E-state index contributed by atoms with van der Waals surface area (Å²) in [6, 6.07) is 0. The van der Waals surface area contributed by atoms with Gasteiger partial charge >= 0.3 is 0 Å². The highest BCUT2D eigenvalue weighted by Crippen LogP contribution is 2.68. The first-order valence-corrected chi connectivity index (χ1v) is 10.3. The van der Waals surface area contributed by atoms with Gasteiger partial charge in [-0.3, -0.25) is 0 Å². The Hall–Kier alpha value is 0.400. The summed E-state index contributed by atoms with van der Waals surface area (Å²) in [7, 11) is 0. The second-order valence-corrected chi connectivity index (χ2v) is 10.4. The number of rotatable bonds is 0. The molecule has 126 valence electrons. The molecule has 22 heavy (non-hydrogen) atoms. The van der Waals surface area contributed by atoms with Gasteiger partial charge < -0.3 is 10.2 Å². The molecule has 0 spiro atoms. The van der Waals surface area contributed by atoms with Crippen molar-refractivity contribution in [1.82, 2.24) is 0 Å². The molecule has 4 rings (SSSR count). The van der Waals surface area contributed by atoms with Crippen molar-refractivity contribution in [2.75, 3.05) is 0 Å². The van der Waals surface area contributed by atoms with Crippen LogP contribution in [0.25, 0.3) is 0 Å². The molecule has 0 aromatic carbocycles. The highest BCUT2D eigenvalue weighted by molar-refractivity contribution is 9.09. The number of fused-ring (bicyclic) bond motifs is 5. The van der Waals surface area contributed by atoms with Gasteiger partial charge in [0.2, 0.25) is 0 Å². The lowest BCUT2D eigenvalue weighted by atomic mass is 9.45. The number of hydrogen-bond acceptors (Lipinski definition) is 2. The Morgan fingerprint density at radius 2 is 1.68 bits per heavy atom. The van der Waals surface area contributed by atoms with Crippen LogP contribution in [0.4, 0.5) is 0 Å². The third-order valence-electron chi connectivity index (χ3n) is 8.71. The molecule has 3 heteroatoms. The number of halogens is 1. The van der Waals surface area contributed by atoms with Crippen molar-refractivity contribution >= 4 is 15.9 Å². The SMILES string of the molecule is C[C@]12CCCCC1CC[C@@H]1[C@H]2CC[C@@]2(C)[C@H]1CC(Br)C2(O)O. The molecule has 0 aromatic heterocycles. The zero-order valence-electron chi connectivity index (χ0n) is 14.0. The molecular weight excluding hydrogens is 340 g/mol. The minimum absolute atomic E-state index is 0.161. The fourth-order valence-corrected chi connectivity index (χ4v) is 8.18. The van der Waals surface area contributed by atoms with Gasteiger partial charge in [-0.25, -0.2) is 0 Å². The van der Waals surface area contributed by atoms with Crippen molar-refractivity contribution < 1.29 is 10.2 Å². The van der Waals surface area contributed by atoms with Crippen LogP contribution in [0.1, 0.15) is 71.6 Å². The summed E-state index contributed by atoms with van der Waals surface area (Å²) in [4.78, 5) is -0.161. The Morgan fingerprint density at radius 3 is 2.45 bits per heavy atom. The van der Waals surface area contributed by atoms with Crippen molar-refractivity contribution in [1.29, 1.82) is 0 Å². The summed E-state index contributed by atoms with van der Waals surface area (Å²) in [5.74, 6) is 1.40. The average Bonchev–Trinajstić information content (AvgIpc) is 2.66. The molecule has 0 radical (unpaired) electrons. The maximum Gasteiger partial charge on any atom is 0.181 e. The van der Waals surface area contributed by atoms with Crippen molar-refractivity contribution in [3.05, 3.63) is 0 Å². The molecule has 7 atom stereocenters. The topological polar surface area (TPSA) is 40.5 Å². The van der Waals surface area contributed by atoms with Gasteiger partial charge in [0.05, 0.1) is 4.83 Å². The van der Waals surface area contributed by atoms with Crippen LogP contribution in [0.5, 0.6) is 0 Å². The average molecular weight is 371 g/mol. The van der Waals surface area contributed by atoms with Crippen LogP contribution in [0.2, 0.25) is 0 Å². The van der Waals surface area contributed by atoms with Crippen molar-refractivity contribution in [2.24, 2.45) is 34.5 Å². The Bertz CT molecular complexity index is 464. The number of hydrogen-bond donors (Lipinski definition) is 2. The van der Waals surface area contributed by atoms with Crippen LogP contribution >= 0.6 is 15.9 Å². The normalized spacial score (nSPS) is 56.9. The van der Waals surface area contributed by atoms with E-state index in [1.54, 1.807) is 0 Å². The monoisotopic (exact) mass is 370 g/mol. The van der Waals surface area contributed by atoms with Crippen LogP contribution in [-0.2, 0) is 0 Å². The predicted molar refractivity (Wildman–Crippen MR) is 91.6 cm³/mol. The van der Waals surface area contributed by atoms with Gasteiger partial charge in [0, 0.05) is 5.41 Å². The van der Waals surface area contributed by atoms with Gasteiger partial charge in [-0.05, 0) is 74.0 Å². The maximum absolute atomic E-state index is 10.7. The van der Waals surface area contributed by atoms with Gasteiger partial charge in [-0.2, -0.15) is 0 Å². The smallest absolute Gasteiger partial charge is 0.181 e. The molecule has 0 amide bonds. The molecule has 0 aromatic rings. The van der Waals surface area contributed by atoms with Crippen molar-refractivity contribution in [3.8, 4) is 0 Å². The largest absolute Gasteiger partial charge is 0.364 e. The van der Waals surface area contributed by atoms with E-state index in [0.717, 1.165) is 24.7 Å². The lowest BCUT2D eigenvalue weighted by molar-refractivity contribution is -0.248. The van der Waals surface area contributed by atoms with Gasteiger partial charge in [0.25, 0.3) is 0 Å². The molecule has 2 nitrogen and oxygen atoms in total. The third kappa shape index (κ3) is 1.85. The second-order valence-electron chi connectivity index (χ2n) is 9.29. The van der Waals surface area contributed by atoms with Crippen LogP contribution in [0, 0.1) is 34.5 Å². The van der Waals surface area contributed by atoms with Crippen LogP contribution < -0.4 is 0 Å². The Balaban J connectivity index is 1.67. The van der Waals surface area contributed by atoms with Gasteiger partial charge in [-0.15, -0.1) is 0 Å². The molecule has 4 aliphatic carbocycles. The zero-order chi connectivity index (χ0) is 15.8. The summed E-state index contributed by atoms with van der Waals surface area (Å²) in [6.07, 6.45) is 11.5. The van der Waals surface area contributed by atoms with E-state index in [0.29, 0.717) is 17.3 Å². The minimum atomic E-state index is -1.53. The van der Waals surface area contributed by atoms with E-state index in [4.69, 9.17) is 0 Å². The summed E-state index contributed by atoms with van der Waals surface area (Å²) in [5.41, 5.74) is 0.209. The van der Waals surface area contributed by atoms with Gasteiger partial charge in [0.1, 0.15) is 0 Å². The van der Waals surface area contributed by atoms with E-state index in [2.05, 4.69) is 29.8 Å². The van der Waals surface area contributed by atoms with E-state index in [9.17, 15) is 10.2 Å². The Morgan fingerprint density at radius 1 is 0.909 bits per heavy atom. The summed E-state index contributed by atoms with van der Waals surface area (Å²) in [5, 5.41) is 21.4. The second kappa shape index (κ2) is 4.95. The first kappa shape index (κ1) is 15.9. The van der Waals surface area contributed by atoms with Crippen LogP contribution in [0.15, 0.2) is 0 Å². The number of alkyl halides is 1. The first-order chi connectivity index (χ1) is 10.3. The first-order valence-electron chi connectivity index (χ1n) is 9.39. The predicted octanol–water partition coefficient (Wildman–Crippen LogP) is 4.47. The van der Waals surface area contributed by atoms with E-state index in [1.165, 1.54) is 44.9 Å². The lowest BCUT2D eigenvalue weighted by Crippen LogP contribution is -2.57. The summed E-state index contributed by atoms with van der Waals surface area (Å²) >= 11 is 3.58.